The molecule has 0 atom stereocenters. The van der Waals surface area contributed by atoms with Gasteiger partial charge < -0.3 is 4.57 Å². The van der Waals surface area contributed by atoms with E-state index in [1.54, 1.807) is 17.0 Å². The molecule has 0 aliphatic carbocycles. The van der Waals surface area contributed by atoms with E-state index in [0.29, 0.717) is 23.2 Å². The van der Waals surface area contributed by atoms with E-state index in [9.17, 15) is 13.2 Å². The molecule has 3 aromatic heterocycles. The Morgan fingerprint density at radius 3 is 2.70 bits per heavy atom. The van der Waals surface area contributed by atoms with E-state index in [1.807, 2.05) is 6.92 Å². The van der Waals surface area contributed by atoms with Crippen molar-refractivity contribution in [2.24, 2.45) is 0 Å². The zero-order valence-corrected chi connectivity index (χ0v) is 13.3. The van der Waals surface area contributed by atoms with Gasteiger partial charge >= 0.3 is 6.18 Å². The fraction of sp³-hybridized carbons (Fsp3) is 0.250. The predicted molar refractivity (Wildman–Crippen MR) is 78.0 cm³/mol. The molecule has 0 radical (unpaired) electrons. The molecule has 0 unspecified atom stereocenters. The normalized spacial score (nSPS) is 11.8. The number of thiazole rings is 1. The average Bonchev–Trinajstić information content (AvgIpc) is 3.15. The van der Waals surface area contributed by atoms with Crippen molar-refractivity contribution < 1.29 is 13.2 Å². The fourth-order valence-corrected chi connectivity index (χ4v) is 3.58. The fourth-order valence-electron chi connectivity index (χ4n) is 1.77. The van der Waals surface area contributed by atoms with Crippen LogP contribution in [0, 0.1) is 0 Å². The summed E-state index contributed by atoms with van der Waals surface area (Å²) in [4.78, 5) is 11.7. The Hall–Kier alpha value is -2.01. The van der Waals surface area contributed by atoms with Crippen LogP contribution in [0.1, 0.15) is 12.6 Å². The molecule has 3 heterocycles. The van der Waals surface area contributed by atoms with Gasteiger partial charge in [-0.2, -0.15) is 13.2 Å². The number of rotatable bonds is 4. The molecule has 6 nitrogen and oxygen atoms in total. The molecule has 0 spiro atoms. The van der Waals surface area contributed by atoms with E-state index < -0.39 is 11.9 Å². The van der Waals surface area contributed by atoms with E-state index in [1.165, 1.54) is 6.20 Å². The number of aromatic nitrogens is 6. The van der Waals surface area contributed by atoms with Gasteiger partial charge in [-0.3, -0.25) is 4.98 Å². The molecule has 0 saturated heterocycles. The molecule has 0 saturated carbocycles. The summed E-state index contributed by atoms with van der Waals surface area (Å²) in [5.74, 6) is 0.510. The smallest absolute Gasteiger partial charge is 0.301 e. The predicted octanol–water partition coefficient (Wildman–Crippen LogP) is 3.38. The van der Waals surface area contributed by atoms with Crippen molar-refractivity contribution in [2.45, 2.75) is 29.1 Å². The second-order valence-electron chi connectivity index (χ2n) is 4.24. The Bertz CT molecular complexity index is 799. The first kappa shape index (κ1) is 15.9. The van der Waals surface area contributed by atoms with Gasteiger partial charge in [0.05, 0.1) is 6.20 Å². The molecule has 0 amide bonds. The third kappa shape index (κ3) is 3.34. The Morgan fingerprint density at radius 1 is 1.26 bits per heavy atom. The van der Waals surface area contributed by atoms with Crippen molar-refractivity contribution in [2.75, 3.05) is 0 Å². The van der Waals surface area contributed by atoms with Crippen LogP contribution in [-0.4, -0.2) is 29.7 Å². The Morgan fingerprint density at radius 2 is 2.09 bits per heavy atom. The van der Waals surface area contributed by atoms with E-state index in [2.05, 4.69) is 25.1 Å². The topological polar surface area (TPSA) is 69.4 Å². The average molecular weight is 358 g/mol. The molecule has 3 rings (SSSR count). The molecule has 11 heteroatoms. The van der Waals surface area contributed by atoms with Crippen molar-refractivity contribution in [1.82, 2.24) is 29.7 Å². The van der Waals surface area contributed by atoms with Crippen LogP contribution < -0.4 is 0 Å². The largest absolute Gasteiger partial charge is 0.434 e. The maximum atomic E-state index is 12.6. The minimum Gasteiger partial charge on any atom is -0.301 e. The molecule has 120 valence electrons. The molecule has 0 aliphatic heterocycles. The zero-order valence-electron chi connectivity index (χ0n) is 11.7. The molecule has 23 heavy (non-hydrogen) atoms. The lowest BCUT2D eigenvalue weighted by molar-refractivity contribution is -0.141. The van der Waals surface area contributed by atoms with Crippen LogP contribution in [0.4, 0.5) is 13.2 Å². The number of nitrogens with zero attached hydrogens (tertiary/aromatic N) is 6. The summed E-state index contributed by atoms with van der Waals surface area (Å²) in [7, 11) is 0. The summed E-state index contributed by atoms with van der Waals surface area (Å²) in [6.45, 7) is 2.43. The van der Waals surface area contributed by atoms with Crippen LogP contribution in [0.25, 0.3) is 11.5 Å². The third-order valence-electron chi connectivity index (χ3n) is 2.78. The summed E-state index contributed by atoms with van der Waals surface area (Å²) in [5, 5.41) is 9.52. The Labute approximate surface area is 136 Å². The van der Waals surface area contributed by atoms with E-state index in [4.69, 9.17) is 0 Å². The van der Waals surface area contributed by atoms with Gasteiger partial charge in [-0.15, -0.1) is 21.5 Å². The van der Waals surface area contributed by atoms with Crippen LogP contribution in [0.5, 0.6) is 0 Å². The minimum atomic E-state index is -4.45. The lowest BCUT2D eigenvalue weighted by Gasteiger charge is -2.05. The maximum Gasteiger partial charge on any atom is 0.434 e. The number of hydrogen-bond donors (Lipinski definition) is 0. The van der Waals surface area contributed by atoms with Gasteiger partial charge in [-0.25, -0.2) is 9.97 Å². The highest BCUT2D eigenvalue weighted by atomic mass is 32.2. The molecule has 0 aromatic carbocycles. The van der Waals surface area contributed by atoms with E-state index in [-0.39, 0.29) is 4.34 Å². The first-order valence-electron chi connectivity index (χ1n) is 6.39. The lowest BCUT2D eigenvalue weighted by Crippen LogP contribution is -2.05. The SMILES string of the molecule is CCn1c(Sc2nc(C(F)(F)F)cs2)nnc1-c1cnccn1. The van der Waals surface area contributed by atoms with Crippen molar-refractivity contribution in [1.29, 1.82) is 0 Å². The third-order valence-corrected chi connectivity index (χ3v) is 4.70. The summed E-state index contributed by atoms with van der Waals surface area (Å²) >= 11 is 1.96. The highest BCUT2D eigenvalue weighted by Crippen LogP contribution is 2.36. The molecule has 3 aromatic rings. The quantitative estimate of drug-likeness (QED) is 0.712. The molecular formula is C12H9F3N6S2. The zero-order chi connectivity index (χ0) is 16.4. The molecular weight excluding hydrogens is 349 g/mol. The first-order valence-corrected chi connectivity index (χ1v) is 8.09. The van der Waals surface area contributed by atoms with Crippen molar-refractivity contribution in [3.63, 3.8) is 0 Å². The minimum absolute atomic E-state index is 0.255. The second-order valence-corrected chi connectivity index (χ2v) is 6.31. The Kier molecular flexibility index (Phi) is 4.31. The van der Waals surface area contributed by atoms with Gasteiger partial charge in [-0.05, 0) is 18.7 Å². The van der Waals surface area contributed by atoms with E-state index in [0.717, 1.165) is 28.5 Å². The molecule has 0 N–H and O–H groups in total. The van der Waals surface area contributed by atoms with Crippen LogP contribution >= 0.6 is 23.1 Å². The van der Waals surface area contributed by atoms with Crippen molar-refractivity contribution in [3.8, 4) is 11.5 Å². The lowest BCUT2D eigenvalue weighted by atomic mass is 10.4. The van der Waals surface area contributed by atoms with Crippen LogP contribution in [0.3, 0.4) is 0 Å². The van der Waals surface area contributed by atoms with Gasteiger partial charge in [0, 0.05) is 24.3 Å². The summed E-state index contributed by atoms with van der Waals surface area (Å²) < 4.78 is 39.8. The Balaban J connectivity index is 1.90. The number of halogens is 3. The van der Waals surface area contributed by atoms with Crippen LogP contribution in [0.15, 0.2) is 33.5 Å². The molecule has 0 aliphatic rings. The standard InChI is InChI=1S/C12H9F3N6S2/c1-2-21-9(7-5-16-3-4-17-7)19-20-10(21)23-11-18-8(6-22-11)12(13,14)15/h3-6H,2H2,1H3. The molecule has 0 bridgehead atoms. The first-order chi connectivity index (χ1) is 11.0. The highest BCUT2D eigenvalue weighted by molar-refractivity contribution is 8.00. The van der Waals surface area contributed by atoms with E-state index >= 15 is 0 Å². The van der Waals surface area contributed by atoms with Gasteiger partial charge in [0.2, 0.25) is 0 Å². The van der Waals surface area contributed by atoms with Crippen molar-refractivity contribution >= 4 is 23.1 Å². The van der Waals surface area contributed by atoms with Gasteiger partial charge in [0.1, 0.15) is 5.69 Å². The van der Waals surface area contributed by atoms with Crippen LogP contribution in [0.2, 0.25) is 0 Å². The summed E-state index contributed by atoms with van der Waals surface area (Å²) in [5.41, 5.74) is -0.356. The van der Waals surface area contributed by atoms with Gasteiger partial charge in [0.15, 0.2) is 21.0 Å². The maximum absolute atomic E-state index is 12.6. The second kappa shape index (κ2) is 6.24. The van der Waals surface area contributed by atoms with Crippen LogP contribution in [-0.2, 0) is 12.7 Å². The van der Waals surface area contributed by atoms with Gasteiger partial charge in [-0.1, -0.05) is 0 Å². The summed E-state index contributed by atoms with van der Waals surface area (Å²) in [6, 6.07) is 0. The van der Waals surface area contributed by atoms with Gasteiger partial charge in [0.25, 0.3) is 0 Å². The van der Waals surface area contributed by atoms with Crippen molar-refractivity contribution in [3.05, 3.63) is 29.7 Å². The number of hydrogen-bond acceptors (Lipinski definition) is 7. The number of alkyl halides is 3. The molecule has 0 fully saturated rings. The highest BCUT2D eigenvalue weighted by Gasteiger charge is 2.34. The summed E-state index contributed by atoms with van der Waals surface area (Å²) in [6.07, 6.45) is 0.182. The monoisotopic (exact) mass is 358 g/mol.